The second-order valence-corrected chi connectivity index (χ2v) is 4.82. The molecule has 0 aromatic carbocycles. The first kappa shape index (κ1) is 10.5. The summed E-state index contributed by atoms with van der Waals surface area (Å²) in [5.41, 5.74) is 2.26. The number of imidazole rings is 1. The van der Waals surface area contributed by atoms with Crippen molar-refractivity contribution in [1.82, 2.24) is 24.5 Å². The van der Waals surface area contributed by atoms with Crippen molar-refractivity contribution >= 4 is 16.3 Å². The smallest absolute Gasteiger partial charge is 0.193 e. The number of rotatable bonds is 4. The third-order valence-electron chi connectivity index (χ3n) is 2.54. The fourth-order valence-corrected chi connectivity index (χ4v) is 2.48. The van der Waals surface area contributed by atoms with Gasteiger partial charge < -0.3 is 5.32 Å². The van der Waals surface area contributed by atoms with Crippen LogP contribution in [0, 0.1) is 0 Å². The molecule has 3 rings (SSSR count). The van der Waals surface area contributed by atoms with Gasteiger partial charge in [0.25, 0.3) is 0 Å². The van der Waals surface area contributed by atoms with Crippen LogP contribution in [0.5, 0.6) is 0 Å². The van der Waals surface area contributed by atoms with Crippen LogP contribution in [0.25, 0.3) is 4.96 Å². The molecule has 0 aliphatic heterocycles. The van der Waals surface area contributed by atoms with Gasteiger partial charge in [0.15, 0.2) is 4.96 Å². The van der Waals surface area contributed by atoms with E-state index in [0.717, 1.165) is 23.7 Å². The average molecular weight is 247 g/mol. The van der Waals surface area contributed by atoms with Crippen molar-refractivity contribution in [2.45, 2.75) is 13.1 Å². The molecule has 3 aromatic rings. The van der Waals surface area contributed by atoms with Gasteiger partial charge >= 0.3 is 0 Å². The predicted octanol–water partition coefficient (Wildman–Crippen LogP) is 1.42. The van der Waals surface area contributed by atoms with Crippen molar-refractivity contribution < 1.29 is 0 Å². The highest BCUT2D eigenvalue weighted by Crippen LogP contribution is 2.11. The van der Waals surface area contributed by atoms with Crippen LogP contribution in [0.2, 0.25) is 0 Å². The minimum atomic E-state index is 0.781. The van der Waals surface area contributed by atoms with Crippen molar-refractivity contribution in [3.63, 3.8) is 0 Å². The Morgan fingerprint density at radius 1 is 1.35 bits per heavy atom. The largest absolute Gasteiger partial charge is 0.307 e. The number of aromatic nitrogens is 4. The molecule has 0 unspecified atom stereocenters. The van der Waals surface area contributed by atoms with Crippen LogP contribution in [-0.2, 0) is 20.1 Å². The van der Waals surface area contributed by atoms with Crippen molar-refractivity contribution in [1.29, 1.82) is 0 Å². The first-order valence-corrected chi connectivity index (χ1v) is 6.28. The molecular formula is C11H13N5S. The summed E-state index contributed by atoms with van der Waals surface area (Å²) in [7, 11) is 1.92. The maximum Gasteiger partial charge on any atom is 0.193 e. The van der Waals surface area contributed by atoms with Gasteiger partial charge in [-0.3, -0.25) is 9.08 Å². The minimum absolute atomic E-state index is 0.781. The Labute approximate surface area is 103 Å². The summed E-state index contributed by atoms with van der Waals surface area (Å²) in [5.74, 6) is 0. The molecular weight excluding hydrogens is 234 g/mol. The van der Waals surface area contributed by atoms with Gasteiger partial charge in [0.2, 0.25) is 0 Å². The van der Waals surface area contributed by atoms with Gasteiger partial charge in [-0.25, -0.2) is 4.98 Å². The van der Waals surface area contributed by atoms with Crippen LogP contribution in [0.4, 0.5) is 0 Å². The van der Waals surface area contributed by atoms with Gasteiger partial charge in [-0.1, -0.05) is 0 Å². The SMILES string of the molecule is Cn1cc(CNCc2cn3ccsc3n2)cn1. The number of fused-ring (bicyclic) bond motifs is 1. The van der Waals surface area contributed by atoms with Crippen LogP contribution in [0.3, 0.4) is 0 Å². The molecule has 0 fully saturated rings. The molecule has 0 radical (unpaired) electrons. The molecule has 88 valence electrons. The maximum absolute atomic E-state index is 4.51. The van der Waals surface area contributed by atoms with Gasteiger partial charge in [0, 0.05) is 49.7 Å². The number of hydrogen-bond acceptors (Lipinski definition) is 4. The summed E-state index contributed by atoms with van der Waals surface area (Å²) in [4.78, 5) is 5.55. The highest BCUT2D eigenvalue weighted by atomic mass is 32.1. The first-order chi connectivity index (χ1) is 8.31. The van der Waals surface area contributed by atoms with Crippen molar-refractivity contribution in [3.8, 4) is 0 Å². The zero-order valence-electron chi connectivity index (χ0n) is 9.50. The number of thiazole rings is 1. The van der Waals surface area contributed by atoms with Crippen molar-refractivity contribution in [2.75, 3.05) is 0 Å². The van der Waals surface area contributed by atoms with E-state index in [9.17, 15) is 0 Å². The van der Waals surface area contributed by atoms with E-state index in [1.807, 2.05) is 40.1 Å². The van der Waals surface area contributed by atoms with Gasteiger partial charge in [0.05, 0.1) is 11.9 Å². The lowest BCUT2D eigenvalue weighted by atomic mass is 10.3. The molecule has 0 atom stereocenters. The highest BCUT2D eigenvalue weighted by molar-refractivity contribution is 7.15. The van der Waals surface area contributed by atoms with Gasteiger partial charge in [0.1, 0.15) is 0 Å². The Hall–Kier alpha value is -1.66. The molecule has 0 spiro atoms. The Morgan fingerprint density at radius 3 is 3.06 bits per heavy atom. The summed E-state index contributed by atoms with van der Waals surface area (Å²) in [6, 6.07) is 0. The summed E-state index contributed by atoms with van der Waals surface area (Å²) in [5, 5.41) is 9.52. The molecule has 0 amide bonds. The number of aryl methyl sites for hydroxylation is 1. The standard InChI is InChI=1S/C11H13N5S/c1-15-7-9(5-13-15)4-12-6-10-8-16-2-3-17-11(16)14-10/h2-3,5,7-8,12H,4,6H2,1H3. The van der Waals surface area contributed by atoms with Crippen molar-refractivity contribution in [3.05, 3.63) is 41.4 Å². The summed E-state index contributed by atoms with van der Waals surface area (Å²) >= 11 is 1.65. The zero-order chi connectivity index (χ0) is 11.7. The average Bonchev–Trinajstić information content (AvgIpc) is 2.94. The van der Waals surface area contributed by atoms with Crippen LogP contribution in [0.15, 0.2) is 30.2 Å². The second kappa shape index (κ2) is 4.31. The van der Waals surface area contributed by atoms with Gasteiger partial charge in [-0.15, -0.1) is 11.3 Å². The Morgan fingerprint density at radius 2 is 2.29 bits per heavy atom. The van der Waals surface area contributed by atoms with E-state index in [-0.39, 0.29) is 0 Å². The zero-order valence-corrected chi connectivity index (χ0v) is 10.3. The third kappa shape index (κ3) is 2.22. The number of hydrogen-bond donors (Lipinski definition) is 1. The molecule has 0 bridgehead atoms. The minimum Gasteiger partial charge on any atom is -0.307 e. The second-order valence-electron chi connectivity index (χ2n) is 3.95. The van der Waals surface area contributed by atoms with Crippen LogP contribution in [-0.4, -0.2) is 19.2 Å². The Kier molecular flexibility index (Phi) is 2.66. The Balaban J connectivity index is 1.59. The fourth-order valence-electron chi connectivity index (χ4n) is 1.76. The summed E-state index contributed by atoms with van der Waals surface area (Å²) in [6.45, 7) is 1.60. The van der Waals surface area contributed by atoms with E-state index in [4.69, 9.17) is 0 Å². The molecule has 3 aromatic heterocycles. The first-order valence-electron chi connectivity index (χ1n) is 5.40. The number of nitrogens with one attached hydrogen (secondary N) is 1. The quantitative estimate of drug-likeness (QED) is 0.758. The summed E-state index contributed by atoms with van der Waals surface area (Å²) in [6.07, 6.45) is 7.97. The molecule has 0 aliphatic carbocycles. The lowest BCUT2D eigenvalue weighted by Crippen LogP contribution is -2.12. The molecule has 1 N–H and O–H groups in total. The fraction of sp³-hybridized carbons (Fsp3) is 0.273. The topological polar surface area (TPSA) is 47.2 Å². The van der Waals surface area contributed by atoms with Crippen LogP contribution in [0.1, 0.15) is 11.3 Å². The van der Waals surface area contributed by atoms with E-state index < -0.39 is 0 Å². The molecule has 0 aliphatic rings. The van der Waals surface area contributed by atoms with E-state index >= 15 is 0 Å². The monoisotopic (exact) mass is 247 g/mol. The van der Waals surface area contributed by atoms with E-state index in [0.29, 0.717) is 0 Å². The van der Waals surface area contributed by atoms with Crippen LogP contribution >= 0.6 is 11.3 Å². The lowest BCUT2D eigenvalue weighted by molar-refractivity contribution is 0.681. The van der Waals surface area contributed by atoms with Gasteiger partial charge in [-0.05, 0) is 0 Å². The molecule has 17 heavy (non-hydrogen) atoms. The maximum atomic E-state index is 4.51. The normalized spacial score (nSPS) is 11.4. The van der Waals surface area contributed by atoms with Crippen molar-refractivity contribution in [2.24, 2.45) is 7.05 Å². The van der Waals surface area contributed by atoms with E-state index in [2.05, 4.69) is 21.6 Å². The number of nitrogens with zero attached hydrogens (tertiary/aromatic N) is 4. The van der Waals surface area contributed by atoms with Gasteiger partial charge in [-0.2, -0.15) is 5.10 Å². The molecule has 3 heterocycles. The molecule has 5 nitrogen and oxygen atoms in total. The lowest BCUT2D eigenvalue weighted by Gasteiger charge is -1.98. The molecule has 0 saturated carbocycles. The van der Waals surface area contributed by atoms with E-state index in [1.165, 1.54) is 5.56 Å². The molecule has 6 heteroatoms. The van der Waals surface area contributed by atoms with Crippen LogP contribution < -0.4 is 5.32 Å². The highest BCUT2D eigenvalue weighted by Gasteiger charge is 2.02. The molecule has 0 saturated heterocycles. The van der Waals surface area contributed by atoms with E-state index in [1.54, 1.807) is 11.3 Å². The Bertz CT molecular complexity index is 592. The third-order valence-corrected chi connectivity index (χ3v) is 3.31. The predicted molar refractivity (Wildman–Crippen MR) is 66.8 cm³/mol. The summed E-state index contributed by atoms with van der Waals surface area (Å²) < 4.78 is 3.86.